The third-order valence-electron chi connectivity index (χ3n) is 3.96. The average molecular weight is 285 g/mol. The van der Waals surface area contributed by atoms with Gasteiger partial charge in [0.15, 0.2) is 0 Å². The van der Waals surface area contributed by atoms with Gasteiger partial charge in [0.2, 0.25) is 0 Å². The lowest BCUT2D eigenvalue weighted by molar-refractivity contribution is 0.483. The van der Waals surface area contributed by atoms with Crippen molar-refractivity contribution < 1.29 is 5.11 Å². The molecule has 2 nitrogen and oxygen atoms in total. The Labute approximate surface area is 128 Å². The molecule has 0 saturated carbocycles. The summed E-state index contributed by atoms with van der Waals surface area (Å²) in [5.41, 5.74) is 3.92. The summed E-state index contributed by atoms with van der Waals surface area (Å²) in [5.74, 6) is 0.319. The van der Waals surface area contributed by atoms with Crippen molar-refractivity contribution in [2.45, 2.75) is 0 Å². The second kappa shape index (κ2) is 5.08. The molecule has 106 valence electrons. The normalized spacial score (nSPS) is 10.9. The van der Waals surface area contributed by atoms with Gasteiger partial charge in [-0.3, -0.25) is 0 Å². The molecule has 2 heteroatoms. The number of aromatic hydroxyl groups is 1. The molecule has 3 aromatic carbocycles. The molecule has 22 heavy (non-hydrogen) atoms. The third-order valence-corrected chi connectivity index (χ3v) is 3.96. The van der Waals surface area contributed by atoms with Crippen LogP contribution in [0.1, 0.15) is 0 Å². The molecule has 0 saturated heterocycles. The number of phenolic OH excluding ortho intramolecular Hbond substituents is 1. The van der Waals surface area contributed by atoms with Crippen LogP contribution in [0.5, 0.6) is 5.75 Å². The Morgan fingerprint density at radius 1 is 0.636 bits per heavy atom. The van der Waals surface area contributed by atoms with E-state index in [1.165, 1.54) is 0 Å². The van der Waals surface area contributed by atoms with Gasteiger partial charge in [-0.1, -0.05) is 60.7 Å². The second-order valence-electron chi connectivity index (χ2n) is 5.33. The van der Waals surface area contributed by atoms with Crippen LogP contribution in [0.25, 0.3) is 33.3 Å². The molecule has 1 heterocycles. The highest BCUT2D eigenvalue weighted by Crippen LogP contribution is 2.36. The van der Waals surface area contributed by atoms with Crippen molar-refractivity contribution in [1.29, 1.82) is 0 Å². The molecule has 0 bridgehead atoms. The van der Waals surface area contributed by atoms with E-state index in [1.807, 2.05) is 66.7 Å². The van der Waals surface area contributed by atoms with E-state index in [4.69, 9.17) is 0 Å². The Bertz CT molecular complexity index is 938. The van der Waals surface area contributed by atoms with Crippen molar-refractivity contribution in [3.05, 3.63) is 78.9 Å². The number of phenols is 1. The van der Waals surface area contributed by atoms with E-state index >= 15 is 0 Å². The van der Waals surface area contributed by atoms with E-state index < -0.39 is 0 Å². The van der Waals surface area contributed by atoms with Crippen LogP contribution in [0.4, 0.5) is 0 Å². The van der Waals surface area contributed by atoms with E-state index in [0.717, 1.165) is 33.3 Å². The van der Waals surface area contributed by atoms with Crippen molar-refractivity contribution in [2.24, 2.45) is 0 Å². The summed E-state index contributed by atoms with van der Waals surface area (Å²) in [5, 5.41) is 12.5. The quantitative estimate of drug-likeness (QED) is 0.521. The molecule has 0 radical (unpaired) electrons. The Balaban J connectivity index is 1.83. The highest BCUT2D eigenvalue weighted by molar-refractivity contribution is 5.94. The van der Waals surface area contributed by atoms with Gasteiger partial charge in [0.05, 0.1) is 0 Å². The fourth-order valence-corrected chi connectivity index (χ4v) is 2.81. The van der Waals surface area contributed by atoms with Crippen molar-refractivity contribution in [3.8, 4) is 28.3 Å². The Morgan fingerprint density at radius 3 is 2.23 bits per heavy atom. The fraction of sp³-hybridized carbons (Fsp3) is 0. The van der Waals surface area contributed by atoms with Crippen molar-refractivity contribution in [3.63, 3.8) is 0 Å². The molecule has 0 atom stereocenters. The molecule has 0 fully saturated rings. The maximum Gasteiger partial charge on any atom is 0.132 e. The number of hydrogen-bond acceptors (Lipinski definition) is 1. The van der Waals surface area contributed by atoms with Gasteiger partial charge in [-0.05, 0) is 29.1 Å². The molecule has 0 aliphatic rings. The molecule has 0 aliphatic heterocycles. The van der Waals surface area contributed by atoms with E-state index in [2.05, 4.69) is 17.1 Å². The van der Waals surface area contributed by atoms with Crippen LogP contribution in [-0.4, -0.2) is 10.1 Å². The van der Waals surface area contributed by atoms with Crippen LogP contribution in [-0.2, 0) is 0 Å². The van der Waals surface area contributed by atoms with Gasteiger partial charge in [-0.25, -0.2) is 0 Å². The first-order valence-corrected chi connectivity index (χ1v) is 7.28. The monoisotopic (exact) mass is 285 g/mol. The molecule has 4 rings (SSSR count). The summed E-state index contributed by atoms with van der Waals surface area (Å²) < 4.78 is 0. The molecule has 4 aromatic rings. The van der Waals surface area contributed by atoms with Gasteiger partial charge in [-0.15, -0.1) is 0 Å². The number of aromatic nitrogens is 1. The molecule has 1 aromatic heterocycles. The van der Waals surface area contributed by atoms with E-state index in [9.17, 15) is 5.11 Å². The number of hydrogen-bond donors (Lipinski definition) is 2. The molecule has 0 unspecified atom stereocenters. The number of rotatable bonds is 2. The predicted octanol–water partition coefficient (Wildman–Crippen LogP) is 5.21. The number of nitrogens with one attached hydrogen (secondary N) is 1. The largest absolute Gasteiger partial charge is 0.507 e. The van der Waals surface area contributed by atoms with Crippen LogP contribution in [0.3, 0.4) is 0 Å². The third kappa shape index (κ3) is 2.06. The maximum atomic E-state index is 10.6. The zero-order valence-corrected chi connectivity index (χ0v) is 12.0. The maximum absolute atomic E-state index is 10.6. The number of fused-ring (bicyclic) bond motifs is 1. The second-order valence-corrected chi connectivity index (χ2v) is 5.33. The van der Waals surface area contributed by atoms with E-state index in [0.29, 0.717) is 5.75 Å². The van der Waals surface area contributed by atoms with Crippen LogP contribution >= 0.6 is 0 Å². The topological polar surface area (TPSA) is 36.0 Å². The first kappa shape index (κ1) is 12.7. The van der Waals surface area contributed by atoms with Crippen molar-refractivity contribution in [1.82, 2.24) is 4.98 Å². The number of aromatic amines is 1. The van der Waals surface area contributed by atoms with Crippen molar-refractivity contribution in [2.75, 3.05) is 0 Å². The Kier molecular flexibility index (Phi) is 2.94. The van der Waals surface area contributed by atoms with E-state index in [1.54, 1.807) is 0 Å². The van der Waals surface area contributed by atoms with Crippen molar-refractivity contribution >= 4 is 10.8 Å². The Hall–Kier alpha value is -3.00. The highest BCUT2D eigenvalue weighted by Gasteiger charge is 2.10. The summed E-state index contributed by atoms with van der Waals surface area (Å²) in [7, 11) is 0. The van der Waals surface area contributed by atoms with Crippen LogP contribution < -0.4 is 0 Å². The number of benzene rings is 3. The van der Waals surface area contributed by atoms with E-state index in [-0.39, 0.29) is 0 Å². The minimum atomic E-state index is 0.319. The smallest absolute Gasteiger partial charge is 0.132 e. The molecule has 0 aliphatic carbocycles. The average Bonchev–Trinajstić information content (AvgIpc) is 3.06. The standard InChI is InChI=1S/C20H15NO/c22-20-16-9-5-4-6-14(16)10-11-17(20)19-13-12-18(21-19)15-7-2-1-3-8-15/h1-13,21-22H. The lowest BCUT2D eigenvalue weighted by atomic mass is 10.0. The predicted molar refractivity (Wildman–Crippen MR) is 90.8 cm³/mol. The minimum absolute atomic E-state index is 0.319. The van der Waals surface area contributed by atoms with Gasteiger partial charge in [0, 0.05) is 22.3 Å². The SMILES string of the molecule is Oc1c(-c2ccc(-c3ccccc3)[nH]2)ccc2ccccc12. The zero-order valence-electron chi connectivity index (χ0n) is 12.0. The fourth-order valence-electron chi connectivity index (χ4n) is 2.81. The summed E-state index contributed by atoms with van der Waals surface area (Å²) in [4.78, 5) is 3.39. The first-order chi connectivity index (χ1) is 10.8. The number of H-pyrrole nitrogens is 1. The Morgan fingerprint density at radius 2 is 1.36 bits per heavy atom. The minimum Gasteiger partial charge on any atom is -0.507 e. The van der Waals surface area contributed by atoms with Gasteiger partial charge in [0.1, 0.15) is 5.75 Å². The lowest BCUT2D eigenvalue weighted by Crippen LogP contribution is -1.82. The van der Waals surface area contributed by atoms with Gasteiger partial charge < -0.3 is 10.1 Å². The molecule has 0 amide bonds. The lowest BCUT2D eigenvalue weighted by Gasteiger charge is -2.07. The summed E-state index contributed by atoms with van der Waals surface area (Å²) >= 11 is 0. The van der Waals surface area contributed by atoms with Gasteiger partial charge in [0.25, 0.3) is 0 Å². The molecular formula is C20H15NO. The van der Waals surface area contributed by atoms with Crippen LogP contribution in [0, 0.1) is 0 Å². The summed E-state index contributed by atoms with van der Waals surface area (Å²) in [6, 6.07) is 26.1. The van der Waals surface area contributed by atoms with Gasteiger partial charge in [-0.2, -0.15) is 0 Å². The summed E-state index contributed by atoms with van der Waals surface area (Å²) in [6.07, 6.45) is 0. The zero-order chi connectivity index (χ0) is 14.9. The molecule has 2 N–H and O–H groups in total. The highest BCUT2D eigenvalue weighted by atomic mass is 16.3. The van der Waals surface area contributed by atoms with Gasteiger partial charge >= 0.3 is 0 Å². The first-order valence-electron chi connectivity index (χ1n) is 7.28. The summed E-state index contributed by atoms with van der Waals surface area (Å²) in [6.45, 7) is 0. The molecule has 0 spiro atoms. The van der Waals surface area contributed by atoms with Crippen LogP contribution in [0.2, 0.25) is 0 Å². The molecular weight excluding hydrogens is 270 g/mol. The van der Waals surface area contributed by atoms with Crippen LogP contribution in [0.15, 0.2) is 78.9 Å².